The number of para-hydroxylation sites is 1. The van der Waals surface area contributed by atoms with Crippen molar-refractivity contribution in [1.29, 1.82) is 0 Å². The lowest BCUT2D eigenvalue weighted by Crippen LogP contribution is -2.21. The predicted octanol–water partition coefficient (Wildman–Crippen LogP) is 2.90. The zero-order chi connectivity index (χ0) is 12.8. The molecule has 3 heteroatoms. The first-order chi connectivity index (χ1) is 8.81. The van der Waals surface area contributed by atoms with Crippen molar-refractivity contribution in [2.45, 2.75) is 31.7 Å². The smallest absolute Gasteiger partial charge is 0.124 e. The first-order valence-electron chi connectivity index (χ1n) is 6.77. The fourth-order valence-corrected chi connectivity index (χ4v) is 2.37. The molecule has 0 radical (unpaired) electrons. The lowest BCUT2D eigenvalue weighted by atomic mass is 9.80. The molecule has 0 aromatic heterocycles. The van der Waals surface area contributed by atoms with Gasteiger partial charge in [-0.15, -0.1) is 0 Å². The Morgan fingerprint density at radius 1 is 1.28 bits per heavy atom. The molecule has 0 heterocycles. The summed E-state index contributed by atoms with van der Waals surface area (Å²) in [7, 11) is 1.68. The SMILES string of the molecule is COCCOc1ccccc1C(N)CC1CCC1. The monoisotopic (exact) mass is 249 g/mol. The summed E-state index contributed by atoms with van der Waals surface area (Å²) in [5.41, 5.74) is 7.42. The highest BCUT2D eigenvalue weighted by Crippen LogP contribution is 2.35. The van der Waals surface area contributed by atoms with Gasteiger partial charge >= 0.3 is 0 Å². The van der Waals surface area contributed by atoms with Crippen molar-refractivity contribution in [2.24, 2.45) is 11.7 Å². The fraction of sp³-hybridized carbons (Fsp3) is 0.600. The molecule has 2 rings (SSSR count). The number of hydrogen-bond donors (Lipinski definition) is 1. The van der Waals surface area contributed by atoms with E-state index in [2.05, 4.69) is 6.07 Å². The van der Waals surface area contributed by atoms with Gasteiger partial charge in [-0.1, -0.05) is 37.5 Å². The maximum absolute atomic E-state index is 6.30. The Bertz CT molecular complexity index is 363. The van der Waals surface area contributed by atoms with Crippen molar-refractivity contribution in [3.8, 4) is 5.75 Å². The van der Waals surface area contributed by atoms with Crippen LogP contribution in [0.1, 0.15) is 37.3 Å². The van der Waals surface area contributed by atoms with E-state index in [0.29, 0.717) is 13.2 Å². The lowest BCUT2D eigenvalue weighted by molar-refractivity contribution is 0.145. The van der Waals surface area contributed by atoms with Crippen molar-refractivity contribution in [3.05, 3.63) is 29.8 Å². The third-order valence-electron chi connectivity index (χ3n) is 3.68. The fourth-order valence-electron chi connectivity index (χ4n) is 2.37. The van der Waals surface area contributed by atoms with Gasteiger partial charge in [-0.05, 0) is 18.4 Å². The number of hydrogen-bond acceptors (Lipinski definition) is 3. The summed E-state index contributed by atoms with van der Waals surface area (Å²) in [5.74, 6) is 1.72. The van der Waals surface area contributed by atoms with Gasteiger partial charge in [0.05, 0.1) is 6.61 Å². The van der Waals surface area contributed by atoms with Gasteiger partial charge in [-0.2, -0.15) is 0 Å². The van der Waals surface area contributed by atoms with Crippen LogP contribution in [0.25, 0.3) is 0 Å². The minimum atomic E-state index is 0.0917. The van der Waals surface area contributed by atoms with Crippen molar-refractivity contribution >= 4 is 0 Å². The maximum Gasteiger partial charge on any atom is 0.124 e. The summed E-state index contributed by atoms with van der Waals surface area (Å²) in [6.07, 6.45) is 5.11. The molecule has 0 spiro atoms. The van der Waals surface area contributed by atoms with Crippen molar-refractivity contribution in [3.63, 3.8) is 0 Å². The summed E-state index contributed by atoms with van der Waals surface area (Å²) in [6.45, 7) is 1.18. The number of methoxy groups -OCH3 is 1. The molecule has 0 amide bonds. The molecule has 1 atom stereocenters. The zero-order valence-electron chi connectivity index (χ0n) is 11.1. The van der Waals surface area contributed by atoms with Gasteiger partial charge in [0.25, 0.3) is 0 Å². The number of ether oxygens (including phenoxy) is 2. The minimum absolute atomic E-state index is 0.0917. The Kier molecular flexibility index (Phi) is 5.02. The molecule has 1 fully saturated rings. The maximum atomic E-state index is 6.30. The van der Waals surface area contributed by atoms with E-state index in [4.69, 9.17) is 15.2 Å². The predicted molar refractivity (Wildman–Crippen MR) is 72.7 cm³/mol. The second kappa shape index (κ2) is 6.76. The van der Waals surface area contributed by atoms with Gasteiger partial charge in [0, 0.05) is 18.7 Å². The Labute approximate surface area is 109 Å². The third kappa shape index (κ3) is 3.47. The van der Waals surface area contributed by atoms with E-state index in [1.807, 2.05) is 18.2 Å². The van der Waals surface area contributed by atoms with Crippen LogP contribution >= 0.6 is 0 Å². The summed E-state index contributed by atoms with van der Waals surface area (Å²) >= 11 is 0. The zero-order valence-corrected chi connectivity index (χ0v) is 11.1. The molecular weight excluding hydrogens is 226 g/mol. The van der Waals surface area contributed by atoms with Crippen molar-refractivity contribution in [2.75, 3.05) is 20.3 Å². The Hall–Kier alpha value is -1.06. The van der Waals surface area contributed by atoms with E-state index < -0.39 is 0 Å². The van der Waals surface area contributed by atoms with Crippen LogP contribution in [0.2, 0.25) is 0 Å². The first kappa shape index (κ1) is 13.4. The van der Waals surface area contributed by atoms with Crippen LogP contribution in [0.3, 0.4) is 0 Å². The number of nitrogens with two attached hydrogens (primary N) is 1. The highest BCUT2D eigenvalue weighted by Gasteiger charge is 2.22. The van der Waals surface area contributed by atoms with Gasteiger partial charge < -0.3 is 15.2 Å². The molecule has 1 aliphatic carbocycles. The molecule has 1 unspecified atom stereocenters. The normalized spacial score (nSPS) is 17.2. The molecule has 1 aromatic rings. The molecule has 18 heavy (non-hydrogen) atoms. The molecule has 0 bridgehead atoms. The summed E-state index contributed by atoms with van der Waals surface area (Å²) < 4.78 is 10.7. The van der Waals surface area contributed by atoms with Crippen LogP contribution in [-0.4, -0.2) is 20.3 Å². The summed E-state index contributed by atoms with van der Waals surface area (Å²) in [6, 6.07) is 8.17. The van der Waals surface area contributed by atoms with Crippen LogP contribution in [0.15, 0.2) is 24.3 Å². The van der Waals surface area contributed by atoms with Gasteiger partial charge in [0.2, 0.25) is 0 Å². The second-order valence-electron chi connectivity index (χ2n) is 5.02. The van der Waals surface area contributed by atoms with Crippen molar-refractivity contribution < 1.29 is 9.47 Å². The van der Waals surface area contributed by atoms with Crippen LogP contribution in [0.4, 0.5) is 0 Å². The highest BCUT2D eigenvalue weighted by atomic mass is 16.5. The van der Waals surface area contributed by atoms with Crippen LogP contribution < -0.4 is 10.5 Å². The van der Waals surface area contributed by atoms with E-state index >= 15 is 0 Å². The third-order valence-corrected chi connectivity index (χ3v) is 3.68. The molecule has 0 aliphatic heterocycles. The highest BCUT2D eigenvalue weighted by molar-refractivity contribution is 5.35. The average Bonchev–Trinajstić information content (AvgIpc) is 2.34. The molecule has 100 valence electrons. The van der Waals surface area contributed by atoms with Crippen LogP contribution in [0.5, 0.6) is 5.75 Å². The van der Waals surface area contributed by atoms with E-state index in [1.165, 1.54) is 19.3 Å². The molecule has 2 N–H and O–H groups in total. The van der Waals surface area contributed by atoms with Gasteiger partial charge in [-0.25, -0.2) is 0 Å². The average molecular weight is 249 g/mol. The van der Waals surface area contributed by atoms with Gasteiger partial charge in [0.1, 0.15) is 12.4 Å². The Morgan fingerprint density at radius 3 is 2.72 bits per heavy atom. The Balaban J connectivity index is 1.96. The van der Waals surface area contributed by atoms with Gasteiger partial charge in [-0.3, -0.25) is 0 Å². The topological polar surface area (TPSA) is 44.5 Å². The molecular formula is C15H23NO2. The van der Waals surface area contributed by atoms with E-state index in [-0.39, 0.29) is 6.04 Å². The first-order valence-corrected chi connectivity index (χ1v) is 6.77. The second-order valence-corrected chi connectivity index (χ2v) is 5.02. The van der Waals surface area contributed by atoms with Crippen molar-refractivity contribution in [1.82, 2.24) is 0 Å². The van der Waals surface area contributed by atoms with E-state index in [0.717, 1.165) is 23.7 Å². The van der Waals surface area contributed by atoms with E-state index in [1.54, 1.807) is 7.11 Å². The summed E-state index contributed by atoms with van der Waals surface area (Å²) in [5, 5.41) is 0. The lowest BCUT2D eigenvalue weighted by Gasteiger charge is -2.28. The molecule has 1 aliphatic rings. The molecule has 3 nitrogen and oxygen atoms in total. The van der Waals surface area contributed by atoms with Crippen LogP contribution in [0, 0.1) is 5.92 Å². The minimum Gasteiger partial charge on any atom is -0.491 e. The number of benzene rings is 1. The summed E-state index contributed by atoms with van der Waals surface area (Å²) in [4.78, 5) is 0. The molecule has 0 saturated heterocycles. The molecule has 1 aromatic carbocycles. The largest absolute Gasteiger partial charge is 0.491 e. The van der Waals surface area contributed by atoms with E-state index in [9.17, 15) is 0 Å². The van der Waals surface area contributed by atoms with Gasteiger partial charge in [0.15, 0.2) is 0 Å². The van der Waals surface area contributed by atoms with Crippen LogP contribution in [-0.2, 0) is 4.74 Å². The quantitative estimate of drug-likeness (QED) is 0.756. The number of rotatable bonds is 7. The molecule has 1 saturated carbocycles. The Morgan fingerprint density at radius 2 is 2.06 bits per heavy atom. The standard InChI is InChI=1S/C15H23NO2/c1-17-9-10-18-15-8-3-2-7-13(15)14(16)11-12-5-4-6-12/h2-3,7-8,12,14H,4-6,9-11,16H2,1H3.